The summed E-state index contributed by atoms with van der Waals surface area (Å²) >= 11 is 0. The summed E-state index contributed by atoms with van der Waals surface area (Å²) in [5, 5.41) is 0. The zero-order chi connectivity index (χ0) is 12.4. The lowest BCUT2D eigenvalue weighted by Gasteiger charge is -2.32. The van der Waals surface area contributed by atoms with Gasteiger partial charge in [-0.15, -0.1) is 0 Å². The average molecular weight is 241 g/mol. The summed E-state index contributed by atoms with van der Waals surface area (Å²) in [6.45, 7) is 2.80. The molecule has 92 valence electrons. The van der Waals surface area contributed by atoms with Crippen molar-refractivity contribution in [2.24, 2.45) is 0 Å². The first-order valence-electron chi connectivity index (χ1n) is 5.40. The Morgan fingerprint density at radius 1 is 1.41 bits per heavy atom. The van der Waals surface area contributed by atoms with Crippen LogP contribution in [0.5, 0.6) is 0 Å². The van der Waals surface area contributed by atoms with Gasteiger partial charge >= 0.3 is 0 Å². The molecule has 1 atom stereocenters. The van der Waals surface area contributed by atoms with Crippen LogP contribution in [0.25, 0.3) is 0 Å². The van der Waals surface area contributed by atoms with Crippen LogP contribution in [0.2, 0.25) is 0 Å². The average Bonchev–Trinajstić information content (AvgIpc) is 2.33. The molecule has 0 radical (unpaired) electrons. The van der Waals surface area contributed by atoms with Crippen LogP contribution in [-0.4, -0.2) is 30.5 Å². The zero-order valence-corrected chi connectivity index (χ0v) is 9.45. The molecule has 0 N–H and O–H groups in total. The Bertz CT molecular complexity index is 437. The summed E-state index contributed by atoms with van der Waals surface area (Å²) in [5.41, 5.74) is 0.551. The molecule has 1 aromatic rings. The molecule has 0 spiro atoms. The molecule has 3 nitrogen and oxygen atoms in total. The highest BCUT2D eigenvalue weighted by Crippen LogP contribution is 2.23. The van der Waals surface area contributed by atoms with Gasteiger partial charge in [0.15, 0.2) is 11.6 Å². The molecule has 1 aliphatic heterocycles. The van der Waals surface area contributed by atoms with Crippen molar-refractivity contribution in [3.05, 3.63) is 35.4 Å². The maximum Gasteiger partial charge on any atom is 0.219 e. The highest BCUT2D eigenvalue weighted by Gasteiger charge is 2.24. The van der Waals surface area contributed by atoms with Gasteiger partial charge in [0.2, 0.25) is 5.91 Å². The van der Waals surface area contributed by atoms with E-state index in [4.69, 9.17) is 4.74 Å². The molecule has 0 aliphatic carbocycles. The van der Waals surface area contributed by atoms with Crippen LogP contribution in [0.15, 0.2) is 18.2 Å². The van der Waals surface area contributed by atoms with Crippen LogP contribution in [0.4, 0.5) is 8.78 Å². The van der Waals surface area contributed by atoms with Gasteiger partial charge in [0.25, 0.3) is 0 Å². The third kappa shape index (κ3) is 2.61. The van der Waals surface area contributed by atoms with E-state index in [1.807, 2.05) is 0 Å². The lowest BCUT2D eigenvalue weighted by molar-refractivity contribution is -0.136. The monoisotopic (exact) mass is 241 g/mol. The van der Waals surface area contributed by atoms with Crippen molar-refractivity contribution in [1.29, 1.82) is 0 Å². The van der Waals surface area contributed by atoms with E-state index < -0.39 is 11.6 Å². The predicted octanol–water partition coefficient (Wildman–Crippen LogP) is 1.88. The Morgan fingerprint density at radius 2 is 2.18 bits per heavy atom. The van der Waals surface area contributed by atoms with Gasteiger partial charge < -0.3 is 9.64 Å². The molecule has 2 rings (SSSR count). The molecule has 1 aromatic carbocycles. The number of carbonyl (C=O) groups excluding carboxylic acids is 1. The molecule has 5 heteroatoms. The van der Waals surface area contributed by atoms with Crippen molar-refractivity contribution in [2.75, 3.05) is 19.7 Å². The number of halogens is 2. The molecule has 1 amide bonds. The number of carbonyl (C=O) groups is 1. The molecule has 1 unspecified atom stereocenters. The van der Waals surface area contributed by atoms with Crippen molar-refractivity contribution >= 4 is 5.91 Å². The lowest BCUT2D eigenvalue weighted by Crippen LogP contribution is -2.41. The number of hydrogen-bond acceptors (Lipinski definition) is 2. The van der Waals surface area contributed by atoms with Gasteiger partial charge in [0, 0.05) is 13.5 Å². The molecule has 0 saturated carbocycles. The van der Waals surface area contributed by atoms with E-state index in [0.717, 1.165) is 12.1 Å². The summed E-state index contributed by atoms with van der Waals surface area (Å²) in [4.78, 5) is 12.9. The first kappa shape index (κ1) is 12.0. The van der Waals surface area contributed by atoms with Gasteiger partial charge in [-0.25, -0.2) is 8.78 Å². The fourth-order valence-corrected chi connectivity index (χ4v) is 1.85. The number of amides is 1. The van der Waals surface area contributed by atoms with Crippen LogP contribution >= 0.6 is 0 Å². The second-order valence-corrected chi connectivity index (χ2v) is 4.00. The highest BCUT2D eigenvalue weighted by molar-refractivity contribution is 5.73. The van der Waals surface area contributed by atoms with E-state index in [-0.39, 0.29) is 12.0 Å². The smallest absolute Gasteiger partial charge is 0.219 e. The minimum atomic E-state index is -0.897. The molecule has 1 aliphatic rings. The minimum Gasteiger partial charge on any atom is -0.370 e. The summed E-state index contributed by atoms with van der Waals surface area (Å²) in [6.07, 6.45) is -0.386. The molecular weight excluding hydrogens is 228 g/mol. The molecule has 0 aromatic heterocycles. The van der Waals surface area contributed by atoms with Gasteiger partial charge in [-0.1, -0.05) is 6.07 Å². The molecule has 1 saturated heterocycles. The Hall–Kier alpha value is -1.49. The quantitative estimate of drug-likeness (QED) is 0.751. The van der Waals surface area contributed by atoms with Crippen molar-refractivity contribution in [3.8, 4) is 0 Å². The van der Waals surface area contributed by atoms with Gasteiger partial charge in [-0.05, 0) is 17.7 Å². The Labute approximate surface area is 98.0 Å². The lowest BCUT2D eigenvalue weighted by atomic mass is 10.1. The van der Waals surface area contributed by atoms with Gasteiger partial charge in [0.05, 0.1) is 13.2 Å². The first-order chi connectivity index (χ1) is 8.08. The summed E-state index contributed by atoms with van der Waals surface area (Å²) in [5.74, 6) is -1.82. The summed E-state index contributed by atoms with van der Waals surface area (Å²) in [7, 11) is 0. The Morgan fingerprint density at radius 3 is 2.82 bits per heavy atom. The number of ether oxygens (including phenoxy) is 1. The number of benzene rings is 1. The van der Waals surface area contributed by atoms with Gasteiger partial charge in [-0.3, -0.25) is 4.79 Å². The highest BCUT2D eigenvalue weighted by atomic mass is 19.2. The number of rotatable bonds is 1. The van der Waals surface area contributed by atoms with Crippen LogP contribution < -0.4 is 0 Å². The molecule has 1 heterocycles. The molecule has 0 bridgehead atoms. The van der Waals surface area contributed by atoms with Crippen molar-refractivity contribution in [3.63, 3.8) is 0 Å². The first-order valence-corrected chi connectivity index (χ1v) is 5.40. The van der Waals surface area contributed by atoms with E-state index in [0.29, 0.717) is 25.3 Å². The maximum atomic E-state index is 13.1. The van der Waals surface area contributed by atoms with E-state index in [9.17, 15) is 13.6 Å². The Balaban J connectivity index is 2.16. The van der Waals surface area contributed by atoms with Crippen LogP contribution in [0, 0.1) is 11.6 Å². The SMILES string of the molecule is CC(=O)N1CCOC(c2ccc(F)c(F)c2)C1. The summed E-state index contributed by atoms with van der Waals surface area (Å²) < 4.78 is 31.3. The topological polar surface area (TPSA) is 29.5 Å². The maximum absolute atomic E-state index is 13.1. The van der Waals surface area contributed by atoms with E-state index >= 15 is 0 Å². The number of hydrogen-bond donors (Lipinski definition) is 0. The van der Waals surface area contributed by atoms with E-state index in [1.54, 1.807) is 4.90 Å². The standard InChI is InChI=1S/C12H13F2NO2/c1-8(16)15-4-5-17-12(7-15)9-2-3-10(13)11(14)6-9/h2-3,6,12H,4-5,7H2,1H3. The third-order valence-corrected chi connectivity index (χ3v) is 2.83. The Kier molecular flexibility index (Phi) is 3.38. The second-order valence-electron chi connectivity index (χ2n) is 4.00. The third-order valence-electron chi connectivity index (χ3n) is 2.83. The number of morpholine rings is 1. The molecule has 17 heavy (non-hydrogen) atoms. The fourth-order valence-electron chi connectivity index (χ4n) is 1.85. The van der Waals surface area contributed by atoms with E-state index in [2.05, 4.69) is 0 Å². The predicted molar refractivity (Wildman–Crippen MR) is 57.3 cm³/mol. The second kappa shape index (κ2) is 4.79. The van der Waals surface area contributed by atoms with Crippen LogP contribution in [-0.2, 0) is 9.53 Å². The normalized spacial score (nSPS) is 20.4. The van der Waals surface area contributed by atoms with Crippen molar-refractivity contribution in [1.82, 2.24) is 4.90 Å². The zero-order valence-electron chi connectivity index (χ0n) is 9.45. The molecule has 1 fully saturated rings. The van der Waals surface area contributed by atoms with Crippen molar-refractivity contribution < 1.29 is 18.3 Å². The largest absolute Gasteiger partial charge is 0.370 e. The summed E-state index contributed by atoms with van der Waals surface area (Å²) in [6, 6.07) is 3.66. The van der Waals surface area contributed by atoms with Crippen LogP contribution in [0.3, 0.4) is 0 Å². The minimum absolute atomic E-state index is 0.0408. The van der Waals surface area contributed by atoms with Gasteiger partial charge in [0.1, 0.15) is 6.10 Å². The van der Waals surface area contributed by atoms with Crippen molar-refractivity contribution in [2.45, 2.75) is 13.0 Å². The van der Waals surface area contributed by atoms with Gasteiger partial charge in [-0.2, -0.15) is 0 Å². The number of nitrogens with zero attached hydrogens (tertiary/aromatic N) is 1. The van der Waals surface area contributed by atoms with Crippen LogP contribution in [0.1, 0.15) is 18.6 Å². The van der Waals surface area contributed by atoms with E-state index in [1.165, 1.54) is 13.0 Å². The molecular formula is C12H13F2NO2. The fraction of sp³-hybridized carbons (Fsp3) is 0.417.